The second-order valence-corrected chi connectivity index (χ2v) is 5.67. The van der Waals surface area contributed by atoms with Gasteiger partial charge < -0.3 is 39.0 Å². The fourth-order valence-electron chi connectivity index (χ4n) is 1.55. The molecule has 0 unspecified atom stereocenters. The Morgan fingerprint density at radius 1 is 1.57 bits per heavy atom. The second-order valence-electron chi connectivity index (χ2n) is 4.52. The number of pyridine rings is 1. The van der Waals surface area contributed by atoms with Crippen LogP contribution in [0.4, 0.5) is 0 Å². The normalized spacial score (nSPS) is 13.4. The molecule has 1 heterocycles. The zero-order valence-electron chi connectivity index (χ0n) is 12.0. The number of phosphoric acid groups is 1. The number of phosphoric ester groups is 1. The maximum absolute atomic E-state index is 10.4. The van der Waals surface area contributed by atoms with Gasteiger partial charge in [-0.3, -0.25) is 9.98 Å². The Kier molecular flexibility index (Phi) is 6.79. The molecule has 0 aromatic carbocycles. The van der Waals surface area contributed by atoms with Crippen molar-refractivity contribution in [1.29, 1.82) is 0 Å². The fourth-order valence-corrected chi connectivity index (χ4v) is 1.84. The topological polar surface area (TPSA) is 178 Å². The Morgan fingerprint density at radius 3 is 2.78 bits per heavy atom. The third-order valence-corrected chi connectivity index (χ3v) is 3.10. The molecule has 1 aromatic rings. The van der Waals surface area contributed by atoms with Gasteiger partial charge in [-0.15, -0.1) is 0 Å². The van der Waals surface area contributed by atoms with E-state index in [0.29, 0.717) is 0 Å². The van der Waals surface area contributed by atoms with Crippen molar-refractivity contribution in [2.45, 2.75) is 26.1 Å². The standard InChI is InChI=1S/C12H17N2O8P/c1-7-11(16)8(5-13-3-2-10(15)12(17)18)4-9(14-7)6-22-23(19,20)21/h4-5,10,15-16H,2-3,6H2,1H3,(H,17,18)(H2,19,20,21)/p-3/t10-/m0/s1. The van der Waals surface area contributed by atoms with Crippen molar-refractivity contribution in [3.05, 3.63) is 23.0 Å². The van der Waals surface area contributed by atoms with Crippen molar-refractivity contribution in [2.24, 2.45) is 4.99 Å². The number of aryl methyl sites for hydroxylation is 1. The van der Waals surface area contributed by atoms with Crippen molar-refractivity contribution < 1.29 is 39.0 Å². The minimum Gasteiger partial charge on any atom is -0.790 e. The molecule has 0 fully saturated rings. The lowest BCUT2D eigenvalue weighted by Gasteiger charge is -2.28. The number of hydrogen-bond donors (Lipinski definition) is 2. The second kappa shape index (κ2) is 8.14. The van der Waals surface area contributed by atoms with Crippen LogP contribution in [0, 0.1) is 6.92 Å². The Balaban J connectivity index is 2.79. The molecule has 1 aromatic heterocycles. The zero-order valence-corrected chi connectivity index (χ0v) is 12.9. The molecule has 10 nitrogen and oxygen atoms in total. The minimum atomic E-state index is -5.15. The van der Waals surface area contributed by atoms with Crippen LogP contribution in [-0.4, -0.2) is 40.0 Å². The Hall–Kier alpha value is -1.84. The summed E-state index contributed by atoms with van der Waals surface area (Å²) in [5, 5.41) is 29.1. The summed E-state index contributed by atoms with van der Waals surface area (Å²) in [5.41, 5.74) is 0.420. The number of carbonyl (C=O) groups is 1. The van der Waals surface area contributed by atoms with Gasteiger partial charge in [-0.2, -0.15) is 0 Å². The van der Waals surface area contributed by atoms with Crippen LogP contribution in [0.3, 0.4) is 0 Å². The number of aliphatic hydroxyl groups excluding tert-OH is 1. The van der Waals surface area contributed by atoms with Gasteiger partial charge in [0.2, 0.25) is 0 Å². The summed E-state index contributed by atoms with van der Waals surface area (Å²) in [5.74, 6) is -1.83. The van der Waals surface area contributed by atoms with Gasteiger partial charge in [0, 0.05) is 18.3 Å². The van der Waals surface area contributed by atoms with E-state index in [0.717, 1.165) is 0 Å². The lowest BCUT2D eigenvalue weighted by Crippen LogP contribution is -2.35. The van der Waals surface area contributed by atoms with Crippen LogP contribution in [0.1, 0.15) is 23.4 Å². The third kappa shape index (κ3) is 6.85. The van der Waals surface area contributed by atoms with Crippen molar-refractivity contribution in [1.82, 2.24) is 4.98 Å². The third-order valence-electron chi connectivity index (χ3n) is 2.65. The van der Waals surface area contributed by atoms with E-state index in [9.17, 15) is 29.4 Å². The Morgan fingerprint density at radius 2 is 2.22 bits per heavy atom. The number of aliphatic imine (C=N–C) groups is 1. The number of nitrogens with zero attached hydrogens (tertiary/aromatic N) is 2. The monoisotopic (exact) mass is 345 g/mol. The highest BCUT2D eigenvalue weighted by Crippen LogP contribution is 2.27. The molecule has 0 aliphatic heterocycles. The first-order valence-corrected chi connectivity index (χ1v) is 7.81. The summed E-state index contributed by atoms with van der Waals surface area (Å²) in [6.45, 7) is 0.817. The summed E-state index contributed by atoms with van der Waals surface area (Å²) in [6, 6.07) is 1.26. The summed E-state index contributed by atoms with van der Waals surface area (Å²) in [6.07, 6.45) is -0.620. The van der Waals surface area contributed by atoms with Gasteiger partial charge in [0.05, 0.1) is 37.9 Å². The van der Waals surface area contributed by atoms with Crippen molar-refractivity contribution >= 4 is 20.0 Å². The lowest BCUT2D eigenvalue weighted by molar-refractivity contribution is -0.342. The molecule has 0 aliphatic rings. The van der Waals surface area contributed by atoms with E-state index in [-0.39, 0.29) is 35.7 Å². The smallest absolute Gasteiger partial charge is 0.145 e. The van der Waals surface area contributed by atoms with E-state index in [1.54, 1.807) is 0 Å². The van der Waals surface area contributed by atoms with Crippen molar-refractivity contribution in [3.63, 3.8) is 0 Å². The van der Waals surface area contributed by atoms with Gasteiger partial charge in [-0.25, -0.2) is 0 Å². The summed E-state index contributed by atoms with van der Waals surface area (Å²) in [4.78, 5) is 38.9. The van der Waals surface area contributed by atoms with Crippen LogP contribution >= 0.6 is 7.82 Å². The number of aromatic hydroxyl groups is 1. The van der Waals surface area contributed by atoms with E-state index in [4.69, 9.17) is 5.11 Å². The first kappa shape index (κ1) is 19.2. The number of aliphatic carboxylic acids is 1. The van der Waals surface area contributed by atoms with Crippen LogP contribution < -0.4 is 14.9 Å². The number of rotatable bonds is 8. The summed E-state index contributed by atoms with van der Waals surface area (Å²) in [7, 11) is -5.15. The molecule has 0 saturated heterocycles. The average Bonchev–Trinajstić information content (AvgIpc) is 2.44. The van der Waals surface area contributed by atoms with E-state index in [1.165, 1.54) is 19.2 Å². The predicted molar refractivity (Wildman–Crippen MR) is 71.1 cm³/mol. The molecule has 11 heteroatoms. The van der Waals surface area contributed by atoms with E-state index < -0.39 is 26.5 Å². The van der Waals surface area contributed by atoms with Crippen LogP contribution in [0.2, 0.25) is 0 Å². The molecule has 0 aliphatic carbocycles. The van der Waals surface area contributed by atoms with Gasteiger partial charge in [-0.1, -0.05) is 0 Å². The van der Waals surface area contributed by atoms with E-state index in [2.05, 4.69) is 14.5 Å². The fraction of sp³-hybridized carbons (Fsp3) is 0.417. The molecule has 0 spiro atoms. The molecule has 128 valence electrons. The highest BCUT2D eigenvalue weighted by atomic mass is 31.2. The molecule has 0 radical (unpaired) electrons. The van der Waals surface area contributed by atoms with Crippen molar-refractivity contribution in [3.8, 4) is 5.75 Å². The van der Waals surface area contributed by atoms with Crippen LogP contribution in [0.5, 0.6) is 5.75 Å². The number of carboxylic acid groups (broad SMARTS) is 1. The number of carbonyl (C=O) groups excluding carboxylic acids is 1. The Labute approximate surface area is 131 Å². The number of aromatic nitrogens is 1. The lowest BCUT2D eigenvalue weighted by atomic mass is 10.2. The highest BCUT2D eigenvalue weighted by Gasteiger charge is 2.08. The van der Waals surface area contributed by atoms with E-state index >= 15 is 0 Å². The maximum atomic E-state index is 10.4. The van der Waals surface area contributed by atoms with E-state index in [1.807, 2.05) is 0 Å². The molecular formula is C12H14N2O8P-3. The minimum absolute atomic E-state index is 0.0435. The molecule has 1 rings (SSSR count). The summed E-state index contributed by atoms with van der Waals surface area (Å²) < 4.78 is 14.5. The van der Waals surface area contributed by atoms with Gasteiger partial charge in [-0.05, 0) is 19.4 Å². The molecule has 0 saturated carbocycles. The number of carboxylic acids is 1. The van der Waals surface area contributed by atoms with Gasteiger partial charge >= 0.3 is 0 Å². The Bertz CT molecular complexity index is 642. The SMILES string of the molecule is Cc1nc(COP(=O)([O-])[O-])cc(C=NCC[C@H](O)C(=O)[O-])c1O. The van der Waals surface area contributed by atoms with Gasteiger partial charge in [0.1, 0.15) is 5.75 Å². The van der Waals surface area contributed by atoms with Crippen LogP contribution in [0.25, 0.3) is 0 Å². The van der Waals surface area contributed by atoms with Crippen LogP contribution in [0.15, 0.2) is 11.1 Å². The predicted octanol–water partition coefficient (Wildman–Crippen LogP) is -2.64. The molecule has 0 amide bonds. The van der Waals surface area contributed by atoms with Gasteiger partial charge in [0.25, 0.3) is 0 Å². The van der Waals surface area contributed by atoms with Crippen molar-refractivity contribution in [2.75, 3.05) is 6.54 Å². The molecule has 0 bridgehead atoms. The first-order valence-electron chi connectivity index (χ1n) is 6.35. The van der Waals surface area contributed by atoms with Gasteiger partial charge in [0.15, 0.2) is 0 Å². The quantitative estimate of drug-likeness (QED) is 0.376. The largest absolute Gasteiger partial charge is 0.790 e. The number of aliphatic hydroxyl groups is 1. The number of hydrogen-bond acceptors (Lipinski definition) is 10. The molecule has 23 heavy (non-hydrogen) atoms. The highest BCUT2D eigenvalue weighted by molar-refractivity contribution is 7.43. The maximum Gasteiger partial charge on any atom is 0.145 e. The molecule has 2 N–H and O–H groups in total. The molecule has 1 atom stereocenters. The summed E-state index contributed by atoms with van der Waals surface area (Å²) >= 11 is 0. The van der Waals surface area contributed by atoms with Crippen LogP contribution in [-0.2, 0) is 20.5 Å². The first-order chi connectivity index (χ1) is 10.6. The molecular weight excluding hydrogens is 331 g/mol. The average molecular weight is 345 g/mol. The zero-order chi connectivity index (χ0) is 17.6.